The van der Waals surface area contributed by atoms with Crippen LogP contribution in [0.15, 0.2) is 66.9 Å². The molecule has 0 radical (unpaired) electrons. The molecule has 176 valence electrons. The summed E-state index contributed by atoms with van der Waals surface area (Å²) in [7, 11) is 0. The SMILES string of the molecule is CC(Nc1ccc(C(=O)Nc2cccc(CN3CCOCC3)c2)cc1[N+](=O)[O-])c1ccccn1. The van der Waals surface area contributed by atoms with Crippen molar-refractivity contribution in [1.82, 2.24) is 9.88 Å². The molecule has 0 aliphatic carbocycles. The van der Waals surface area contributed by atoms with Gasteiger partial charge in [-0.05, 0) is 48.9 Å². The van der Waals surface area contributed by atoms with Gasteiger partial charge in [0, 0.05) is 43.1 Å². The fourth-order valence-electron chi connectivity index (χ4n) is 3.85. The molecule has 1 saturated heterocycles. The fraction of sp³-hybridized carbons (Fsp3) is 0.280. The van der Waals surface area contributed by atoms with Crippen LogP contribution in [0.3, 0.4) is 0 Å². The Morgan fingerprint density at radius 2 is 1.97 bits per heavy atom. The highest BCUT2D eigenvalue weighted by Crippen LogP contribution is 2.29. The quantitative estimate of drug-likeness (QED) is 0.381. The number of pyridine rings is 1. The number of carbonyl (C=O) groups is 1. The van der Waals surface area contributed by atoms with E-state index in [1.54, 1.807) is 24.4 Å². The highest BCUT2D eigenvalue weighted by molar-refractivity contribution is 6.05. The molecule has 3 aromatic rings. The van der Waals surface area contributed by atoms with E-state index < -0.39 is 10.8 Å². The van der Waals surface area contributed by atoms with Crippen LogP contribution in [0.1, 0.15) is 34.6 Å². The highest BCUT2D eigenvalue weighted by Gasteiger charge is 2.20. The Kier molecular flexibility index (Phi) is 7.46. The van der Waals surface area contributed by atoms with Gasteiger partial charge in [-0.25, -0.2) is 0 Å². The van der Waals surface area contributed by atoms with Crippen molar-refractivity contribution in [3.05, 3.63) is 93.8 Å². The summed E-state index contributed by atoms with van der Waals surface area (Å²) in [5, 5.41) is 17.7. The van der Waals surface area contributed by atoms with Crippen molar-refractivity contribution in [1.29, 1.82) is 0 Å². The van der Waals surface area contributed by atoms with Crippen LogP contribution in [-0.4, -0.2) is 47.0 Å². The zero-order valence-electron chi connectivity index (χ0n) is 18.9. The lowest BCUT2D eigenvalue weighted by Gasteiger charge is -2.26. The molecule has 9 nitrogen and oxygen atoms in total. The third kappa shape index (κ3) is 5.94. The molecule has 2 heterocycles. The molecule has 1 aliphatic rings. The Morgan fingerprint density at radius 3 is 2.71 bits per heavy atom. The number of rotatable bonds is 8. The van der Waals surface area contributed by atoms with E-state index in [9.17, 15) is 14.9 Å². The molecular formula is C25H27N5O4. The second-order valence-corrected chi connectivity index (χ2v) is 8.15. The molecule has 1 atom stereocenters. The van der Waals surface area contributed by atoms with E-state index in [4.69, 9.17) is 4.74 Å². The predicted molar refractivity (Wildman–Crippen MR) is 130 cm³/mol. The van der Waals surface area contributed by atoms with Gasteiger partial charge >= 0.3 is 0 Å². The average Bonchev–Trinajstić information content (AvgIpc) is 2.85. The number of aromatic nitrogens is 1. The molecule has 0 bridgehead atoms. The number of ether oxygens (including phenoxy) is 1. The average molecular weight is 462 g/mol. The Labute approximate surface area is 197 Å². The number of nitro benzene ring substituents is 1. The highest BCUT2D eigenvalue weighted by atomic mass is 16.6. The Morgan fingerprint density at radius 1 is 1.15 bits per heavy atom. The molecular weight excluding hydrogens is 434 g/mol. The molecule has 0 saturated carbocycles. The number of carbonyl (C=O) groups excluding carboxylic acids is 1. The summed E-state index contributed by atoms with van der Waals surface area (Å²) in [6.45, 7) is 5.84. The van der Waals surface area contributed by atoms with Gasteiger partial charge in [0.25, 0.3) is 11.6 Å². The van der Waals surface area contributed by atoms with Gasteiger partial charge in [0.2, 0.25) is 0 Å². The van der Waals surface area contributed by atoms with E-state index >= 15 is 0 Å². The fourth-order valence-corrected chi connectivity index (χ4v) is 3.85. The van der Waals surface area contributed by atoms with Crippen molar-refractivity contribution in [3.8, 4) is 0 Å². The van der Waals surface area contributed by atoms with E-state index in [0.29, 0.717) is 11.4 Å². The number of hydrogen-bond donors (Lipinski definition) is 2. The monoisotopic (exact) mass is 461 g/mol. The lowest BCUT2D eigenvalue weighted by molar-refractivity contribution is -0.384. The van der Waals surface area contributed by atoms with Crippen LogP contribution >= 0.6 is 0 Å². The number of amides is 1. The number of hydrogen-bond acceptors (Lipinski definition) is 7. The summed E-state index contributed by atoms with van der Waals surface area (Å²) in [5.41, 5.74) is 2.85. The first-order valence-electron chi connectivity index (χ1n) is 11.2. The summed E-state index contributed by atoms with van der Waals surface area (Å²) in [5.74, 6) is -0.407. The van der Waals surface area contributed by atoms with Gasteiger partial charge in [0.15, 0.2) is 0 Å². The van der Waals surface area contributed by atoms with Crippen molar-refractivity contribution in [2.75, 3.05) is 36.9 Å². The minimum atomic E-state index is -0.493. The van der Waals surface area contributed by atoms with E-state index in [0.717, 1.165) is 44.1 Å². The molecule has 1 amide bonds. The van der Waals surface area contributed by atoms with Gasteiger partial charge in [-0.3, -0.25) is 24.8 Å². The molecule has 2 aromatic carbocycles. The normalized spacial score (nSPS) is 14.9. The molecule has 1 aromatic heterocycles. The second kappa shape index (κ2) is 10.9. The third-order valence-corrected chi connectivity index (χ3v) is 5.65. The maximum atomic E-state index is 12.9. The first-order chi connectivity index (χ1) is 16.5. The van der Waals surface area contributed by atoms with Crippen molar-refractivity contribution >= 4 is 23.0 Å². The molecule has 1 fully saturated rings. The summed E-state index contributed by atoms with van der Waals surface area (Å²) in [6, 6.07) is 17.3. The second-order valence-electron chi connectivity index (χ2n) is 8.15. The number of nitrogens with one attached hydrogen (secondary N) is 2. The smallest absolute Gasteiger partial charge is 0.293 e. The van der Waals surface area contributed by atoms with Crippen LogP contribution in [0.4, 0.5) is 17.1 Å². The largest absolute Gasteiger partial charge is 0.379 e. The molecule has 1 aliphatic heterocycles. The topological polar surface area (TPSA) is 110 Å². The van der Waals surface area contributed by atoms with Crippen LogP contribution in [-0.2, 0) is 11.3 Å². The summed E-state index contributed by atoms with van der Waals surface area (Å²) >= 11 is 0. The number of morpholine rings is 1. The Balaban J connectivity index is 1.46. The first kappa shape index (κ1) is 23.3. The van der Waals surface area contributed by atoms with E-state index in [1.807, 2.05) is 43.3 Å². The molecule has 0 spiro atoms. The minimum Gasteiger partial charge on any atom is -0.379 e. The van der Waals surface area contributed by atoms with Crippen LogP contribution in [0.5, 0.6) is 0 Å². The zero-order valence-corrected chi connectivity index (χ0v) is 18.9. The van der Waals surface area contributed by atoms with Crippen LogP contribution < -0.4 is 10.6 Å². The van der Waals surface area contributed by atoms with Crippen molar-refractivity contribution in [3.63, 3.8) is 0 Å². The summed E-state index contributed by atoms with van der Waals surface area (Å²) in [4.78, 5) is 30.6. The van der Waals surface area contributed by atoms with Crippen molar-refractivity contribution in [2.45, 2.75) is 19.5 Å². The molecule has 4 rings (SSSR count). The number of benzene rings is 2. The van der Waals surface area contributed by atoms with Gasteiger partial charge < -0.3 is 15.4 Å². The van der Waals surface area contributed by atoms with Crippen LogP contribution in [0, 0.1) is 10.1 Å². The van der Waals surface area contributed by atoms with E-state index in [2.05, 4.69) is 20.5 Å². The number of nitro groups is 1. The van der Waals surface area contributed by atoms with E-state index in [-0.39, 0.29) is 17.3 Å². The molecule has 9 heteroatoms. The zero-order chi connectivity index (χ0) is 23.9. The van der Waals surface area contributed by atoms with Crippen LogP contribution in [0.2, 0.25) is 0 Å². The molecule has 34 heavy (non-hydrogen) atoms. The number of nitrogens with zero attached hydrogens (tertiary/aromatic N) is 3. The predicted octanol–water partition coefficient (Wildman–Crippen LogP) is 4.25. The lowest BCUT2D eigenvalue weighted by atomic mass is 10.1. The lowest BCUT2D eigenvalue weighted by Crippen LogP contribution is -2.35. The van der Waals surface area contributed by atoms with Crippen molar-refractivity contribution < 1.29 is 14.5 Å². The van der Waals surface area contributed by atoms with E-state index in [1.165, 1.54) is 6.07 Å². The first-order valence-corrected chi connectivity index (χ1v) is 11.2. The minimum absolute atomic E-state index is 0.170. The third-order valence-electron chi connectivity index (χ3n) is 5.65. The summed E-state index contributed by atoms with van der Waals surface area (Å²) in [6.07, 6.45) is 1.67. The van der Waals surface area contributed by atoms with Gasteiger partial charge in [0.05, 0.1) is 29.9 Å². The standard InChI is InChI=1S/C25H27N5O4/c1-18(22-7-2-3-10-26-22)27-23-9-8-20(16-24(23)30(32)33)25(31)28-21-6-4-5-19(15-21)17-29-11-13-34-14-12-29/h2-10,15-16,18,27H,11-14,17H2,1H3,(H,28,31). The van der Waals surface area contributed by atoms with Crippen molar-refractivity contribution in [2.24, 2.45) is 0 Å². The number of anilines is 2. The maximum Gasteiger partial charge on any atom is 0.293 e. The maximum absolute atomic E-state index is 12.9. The molecule has 2 N–H and O–H groups in total. The summed E-state index contributed by atoms with van der Waals surface area (Å²) < 4.78 is 5.39. The Hall–Kier alpha value is -3.82. The van der Waals surface area contributed by atoms with Gasteiger partial charge in [-0.1, -0.05) is 18.2 Å². The Bertz CT molecular complexity index is 1150. The van der Waals surface area contributed by atoms with Gasteiger partial charge in [-0.2, -0.15) is 0 Å². The molecule has 1 unspecified atom stereocenters. The van der Waals surface area contributed by atoms with Gasteiger partial charge in [-0.15, -0.1) is 0 Å². The van der Waals surface area contributed by atoms with Gasteiger partial charge in [0.1, 0.15) is 5.69 Å². The van der Waals surface area contributed by atoms with Crippen LogP contribution in [0.25, 0.3) is 0 Å².